The van der Waals surface area contributed by atoms with E-state index in [9.17, 15) is 4.79 Å². The van der Waals surface area contributed by atoms with Crippen LogP contribution in [0, 0.1) is 5.92 Å². The van der Waals surface area contributed by atoms with Crippen LogP contribution in [-0.4, -0.2) is 14.3 Å². The zero-order valence-corrected chi connectivity index (χ0v) is 7.07. The fraction of sp³-hybridized carbons (Fsp3) is 0.750. The topological polar surface area (TPSA) is 37.3 Å². The predicted molar refractivity (Wildman–Crippen MR) is 36.3 cm³/mol. The van der Waals surface area contributed by atoms with Crippen molar-refractivity contribution in [2.45, 2.75) is 9.65 Å². The molecule has 46 valence electrons. The van der Waals surface area contributed by atoms with Crippen LogP contribution in [0.1, 0.15) is 6.42 Å². The van der Waals surface area contributed by atoms with Gasteiger partial charge in [-0.2, -0.15) is 0 Å². The minimum atomic E-state index is -0.737. The molecule has 0 heterocycles. The van der Waals surface area contributed by atoms with Crippen LogP contribution in [0.25, 0.3) is 0 Å². The highest BCUT2D eigenvalue weighted by Gasteiger charge is 2.55. The number of carboxylic acids is 1. The van der Waals surface area contributed by atoms with Crippen LogP contribution in [0.15, 0.2) is 0 Å². The maximum Gasteiger partial charge on any atom is 0.308 e. The van der Waals surface area contributed by atoms with Gasteiger partial charge in [0.15, 0.2) is 0 Å². The summed E-state index contributed by atoms with van der Waals surface area (Å²) in [5.74, 6) is -0.971. The highest BCUT2D eigenvalue weighted by atomic mass is 79.9. The predicted octanol–water partition coefficient (Wildman–Crippen LogP) is 1.58. The van der Waals surface area contributed by atoms with Crippen LogP contribution in [0.3, 0.4) is 0 Å². The molecule has 0 aliphatic heterocycles. The third-order valence-corrected chi connectivity index (χ3v) is 2.88. The van der Waals surface area contributed by atoms with E-state index in [0.717, 1.165) is 0 Å². The van der Waals surface area contributed by atoms with Crippen molar-refractivity contribution in [2.75, 3.05) is 0 Å². The lowest BCUT2D eigenvalue weighted by molar-refractivity contribution is -0.138. The van der Waals surface area contributed by atoms with Gasteiger partial charge in [-0.25, -0.2) is 0 Å². The second-order valence-electron chi connectivity index (χ2n) is 1.86. The van der Waals surface area contributed by atoms with Gasteiger partial charge in [-0.1, -0.05) is 31.9 Å². The molecule has 0 aromatic rings. The summed E-state index contributed by atoms with van der Waals surface area (Å²) in [5.41, 5.74) is 0. The van der Waals surface area contributed by atoms with E-state index in [1.807, 2.05) is 0 Å². The fourth-order valence-corrected chi connectivity index (χ4v) is 1.52. The lowest BCUT2D eigenvalue weighted by atomic mass is 10.5. The maximum absolute atomic E-state index is 10.1. The first kappa shape index (κ1) is 6.55. The van der Waals surface area contributed by atoms with E-state index in [4.69, 9.17) is 5.11 Å². The average molecular weight is 244 g/mol. The Morgan fingerprint density at radius 1 is 1.75 bits per heavy atom. The highest BCUT2D eigenvalue weighted by molar-refractivity contribution is 9.25. The largest absolute Gasteiger partial charge is 0.481 e. The summed E-state index contributed by atoms with van der Waals surface area (Å²) in [5, 5.41) is 8.33. The monoisotopic (exact) mass is 242 g/mol. The third kappa shape index (κ3) is 1.05. The second-order valence-corrected chi connectivity index (χ2v) is 5.75. The van der Waals surface area contributed by atoms with E-state index in [1.54, 1.807) is 0 Å². The average Bonchev–Trinajstić information content (AvgIpc) is 2.13. The first-order valence-corrected chi connectivity index (χ1v) is 3.73. The number of alkyl halides is 2. The molecule has 0 radical (unpaired) electrons. The van der Waals surface area contributed by atoms with Gasteiger partial charge in [-0.15, -0.1) is 0 Å². The molecule has 1 fully saturated rings. The van der Waals surface area contributed by atoms with Crippen LogP contribution in [0.5, 0.6) is 0 Å². The van der Waals surface area contributed by atoms with Crippen molar-refractivity contribution in [2.24, 2.45) is 5.92 Å². The van der Waals surface area contributed by atoms with Gasteiger partial charge in [-0.05, 0) is 6.42 Å². The van der Waals surface area contributed by atoms with Gasteiger partial charge < -0.3 is 5.11 Å². The second kappa shape index (κ2) is 1.70. The Kier molecular flexibility index (Phi) is 1.39. The molecule has 1 N–H and O–H groups in total. The Balaban J connectivity index is 2.48. The number of hydrogen-bond donors (Lipinski definition) is 1. The van der Waals surface area contributed by atoms with Crippen molar-refractivity contribution < 1.29 is 9.90 Å². The Morgan fingerprint density at radius 2 is 2.12 bits per heavy atom. The van der Waals surface area contributed by atoms with Crippen LogP contribution in [0.4, 0.5) is 0 Å². The van der Waals surface area contributed by atoms with Crippen molar-refractivity contribution in [1.29, 1.82) is 0 Å². The van der Waals surface area contributed by atoms with Crippen LogP contribution >= 0.6 is 31.9 Å². The molecular formula is C4H4Br2O2. The molecule has 8 heavy (non-hydrogen) atoms. The summed E-state index contributed by atoms with van der Waals surface area (Å²) in [7, 11) is 0. The summed E-state index contributed by atoms with van der Waals surface area (Å²) in [6.45, 7) is 0. The number of carbonyl (C=O) groups is 1. The van der Waals surface area contributed by atoms with Crippen molar-refractivity contribution in [3.8, 4) is 0 Å². The van der Waals surface area contributed by atoms with Crippen LogP contribution in [-0.2, 0) is 4.79 Å². The number of hydrogen-bond acceptors (Lipinski definition) is 1. The van der Waals surface area contributed by atoms with Gasteiger partial charge >= 0.3 is 5.97 Å². The number of rotatable bonds is 1. The van der Waals surface area contributed by atoms with Crippen LogP contribution in [0.2, 0.25) is 0 Å². The Bertz CT molecular complexity index is 132. The zero-order valence-electron chi connectivity index (χ0n) is 3.90. The van der Waals surface area contributed by atoms with Gasteiger partial charge in [0.1, 0.15) is 0 Å². The van der Waals surface area contributed by atoms with Crippen molar-refractivity contribution >= 4 is 37.8 Å². The SMILES string of the molecule is O=C(O)[C@@H]1CC1(Br)Br. The lowest BCUT2D eigenvalue weighted by Crippen LogP contribution is -2.02. The standard InChI is InChI=1S/C4H4Br2O2/c5-4(6)1-2(4)3(7)8/h2H,1H2,(H,7,8)/t2-/m0/s1. The molecule has 1 aliphatic carbocycles. The van der Waals surface area contributed by atoms with Gasteiger partial charge in [-0.3, -0.25) is 4.79 Å². The molecule has 0 aromatic carbocycles. The maximum atomic E-state index is 10.1. The Labute approximate surface area is 63.5 Å². The number of halogens is 2. The summed E-state index contributed by atoms with van der Waals surface area (Å²) in [6.07, 6.45) is 0.683. The van der Waals surface area contributed by atoms with E-state index < -0.39 is 5.97 Å². The number of aliphatic carboxylic acids is 1. The summed E-state index contributed by atoms with van der Waals surface area (Å²) < 4.78 is -0.286. The Hall–Kier alpha value is 0.430. The van der Waals surface area contributed by atoms with Crippen molar-refractivity contribution in [1.82, 2.24) is 0 Å². The molecule has 0 saturated heterocycles. The van der Waals surface area contributed by atoms with Gasteiger partial charge in [0.05, 0.1) is 9.15 Å². The minimum absolute atomic E-state index is 0.234. The first-order chi connectivity index (χ1) is 3.54. The van der Waals surface area contributed by atoms with E-state index in [2.05, 4.69) is 31.9 Å². The van der Waals surface area contributed by atoms with Gasteiger partial charge in [0.25, 0.3) is 0 Å². The summed E-state index contributed by atoms with van der Waals surface area (Å²) in [6, 6.07) is 0. The molecule has 0 spiro atoms. The first-order valence-electron chi connectivity index (χ1n) is 2.14. The lowest BCUT2D eigenvalue weighted by Gasteiger charge is -1.89. The number of carboxylic acid groups (broad SMARTS) is 1. The van der Waals surface area contributed by atoms with Crippen LogP contribution < -0.4 is 0 Å². The minimum Gasteiger partial charge on any atom is -0.481 e. The van der Waals surface area contributed by atoms with E-state index in [-0.39, 0.29) is 9.15 Å². The Morgan fingerprint density at radius 3 is 2.12 bits per heavy atom. The van der Waals surface area contributed by atoms with E-state index >= 15 is 0 Å². The smallest absolute Gasteiger partial charge is 0.308 e. The fourth-order valence-electron chi connectivity index (χ4n) is 0.481. The van der Waals surface area contributed by atoms with E-state index in [0.29, 0.717) is 6.42 Å². The molecule has 0 amide bonds. The third-order valence-electron chi connectivity index (χ3n) is 1.12. The molecule has 1 rings (SSSR count). The van der Waals surface area contributed by atoms with Crippen molar-refractivity contribution in [3.63, 3.8) is 0 Å². The highest BCUT2D eigenvalue weighted by Crippen LogP contribution is 2.56. The quantitative estimate of drug-likeness (QED) is 0.711. The molecule has 0 unspecified atom stereocenters. The molecule has 1 atom stereocenters. The zero-order chi connectivity index (χ0) is 6.36. The molecule has 1 saturated carbocycles. The molecule has 4 heteroatoms. The normalized spacial score (nSPS) is 32.0. The molecule has 2 nitrogen and oxygen atoms in total. The molecule has 0 aromatic heterocycles. The summed E-state index contributed by atoms with van der Waals surface area (Å²) in [4.78, 5) is 10.1. The molecule has 1 aliphatic rings. The molecular weight excluding hydrogens is 240 g/mol. The van der Waals surface area contributed by atoms with E-state index in [1.165, 1.54) is 0 Å². The summed E-state index contributed by atoms with van der Waals surface area (Å²) >= 11 is 6.38. The van der Waals surface area contributed by atoms with Gasteiger partial charge in [0.2, 0.25) is 0 Å². The van der Waals surface area contributed by atoms with Gasteiger partial charge in [0, 0.05) is 0 Å². The van der Waals surface area contributed by atoms with Crippen molar-refractivity contribution in [3.05, 3.63) is 0 Å². The molecule has 0 bridgehead atoms.